The molecule has 6 heteroatoms. The van der Waals surface area contributed by atoms with Crippen molar-refractivity contribution >= 4 is 16.9 Å². The lowest BCUT2D eigenvalue weighted by Gasteiger charge is -2.35. The summed E-state index contributed by atoms with van der Waals surface area (Å²) in [6.07, 6.45) is 2.29. The minimum Gasteiger partial charge on any atom is -0.493 e. The van der Waals surface area contributed by atoms with E-state index < -0.39 is 11.4 Å². The SMILES string of the molecule is CCCCC(C(N)=O)(c1ccccc1)n1c(-c2cccc(OC)c2OC)nc2ccccc21. The second-order valence-electron chi connectivity index (χ2n) is 7.99. The van der Waals surface area contributed by atoms with Gasteiger partial charge in [-0.25, -0.2) is 4.98 Å². The van der Waals surface area contributed by atoms with Crippen molar-refractivity contribution < 1.29 is 14.3 Å². The lowest BCUT2D eigenvalue weighted by Crippen LogP contribution is -2.47. The summed E-state index contributed by atoms with van der Waals surface area (Å²) in [5, 5.41) is 0. The average molecular weight is 444 g/mol. The summed E-state index contributed by atoms with van der Waals surface area (Å²) < 4.78 is 13.3. The quantitative estimate of drug-likeness (QED) is 0.388. The lowest BCUT2D eigenvalue weighted by atomic mass is 9.83. The number of methoxy groups -OCH3 is 2. The predicted molar refractivity (Wildman–Crippen MR) is 131 cm³/mol. The van der Waals surface area contributed by atoms with Gasteiger partial charge in [0.05, 0.1) is 30.8 Å². The number of hydrogen-bond acceptors (Lipinski definition) is 4. The highest BCUT2D eigenvalue weighted by Gasteiger charge is 2.43. The molecule has 1 heterocycles. The Kier molecular flexibility index (Phi) is 6.36. The van der Waals surface area contributed by atoms with E-state index >= 15 is 0 Å². The lowest BCUT2D eigenvalue weighted by molar-refractivity contribution is -0.124. The number of unbranched alkanes of at least 4 members (excludes halogenated alkanes) is 1. The molecular weight excluding hydrogens is 414 g/mol. The Morgan fingerprint density at radius 2 is 1.70 bits per heavy atom. The fraction of sp³-hybridized carbons (Fsp3) is 0.259. The predicted octanol–water partition coefficient (Wildman–Crippen LogP) is 5.14. The van der Waals surface area contributed by atoms with Crippen LogP contribution in [0, 0.1) is 0 Å². The number of benzene rings is 3. The van der Waals surface area contributed by atoms with Gasteiger partial charge in [-0.3, -0.25) is 4.79 Å². The van der Waals surface area contributed by atoms with Crippen LogP contribution in [0.5, 0.6) is 11.5 Å². The van der Waals surface area contributed by atoms with Crippen molar-refractivity contribution in [2.75, 3.05) is 14.2 Å². The van der Waals surface area contributed by atoms with Crippen LogP contribution in [0.25, 0.3) is 22.4 Å². The third-order valence-electron chi connectivity index (χ3n) is 6.14. The number of amides is 1. The Bertz CT molecular complexity index is 1270. The van der Waals surface area contributed by atoms with Gasteiger partial charge in [0.1, 0.15) is 11.4 Å². The second-order valence-corrected chi connectivity index (χ2v) is 7.99. The summed E-state index contributed by atoms with van der Waals surface area (Å²) in [6, 6.07) is 23.2. The van der Waals surface area contributed by atoms with E-state index in [2.05, 4.69) is 6.92 Å². The van der Waals surface area contributed by atoms with E-state index in [1.165, 1.54) is 0 Å². The van der Waals surface area contributed by atoms with Crippen molar-refractivity contribution in [3.8, 4) is 22.9 Å². The average Bonchev–Trinajstić information content (AvgIpc) is 3.24. The number of imidazole rings is 1. The molecule has 0 aliphatic heterocycles. The topological polar surface area (TPSA) is 79.4 Å². The molecule has 1 unspecified atom stereocenters. The Morgan fingerprint density at radius 1 is 0.970 bits per heavy atom. The number of ether oxygens (including phenoxy) is 2. The van der Waals surface area contributed by atoms with Crippen molar-refractivity contribution in [2.24, 2.45) is 5.73 Å². The summed E-state index contributed by atoms with van der Waals surface area (Å²) in [4.78, 5) is 18.4. The third kappa shape index (κ3) is 3.71. The fourth-order valence-corrected chi connectivity index (χ4v) is 4.56. The molecule has 0 aliphatic rings. The zero-order chi connectivity index (χ0) is 23.4. The minimum atomic E-state index is -1.13. The molecule has 0 spiro atoms. The maximum Gasteiger partial charge on any atom is 0.248 e. The Morgan fingerprint density at radius 3 is 2.36 bits per heavy atom. The molecule has 1 aromatic heterocycles. The highest BCUT2D eigenvalue weighted by Crippen LogP contribution is 2.43. The smallest absolute Gasteiger partial charge is 0.248 e. The summed E-state index contributed by atoms with van der Waals surface area (Å²) in [6.45, 7) is 2.11. The molecule has 1 atom stereocenters. The van der Waals surface area contributed by atoms with E-state index in [0.29, 0.717) is 23.7 Å². The van der Waals surface area contributed by atoms with Crippen LogP contribution >= 0.6 is 0 Å². The molecule has 3 aromatic carbocycles. The fourth-order valence-electron chi connectivity index (χ4n) is 4.56. The van der Waals surface area contributed by atoms with Gasteiger partial charge in [0.25, 0.3) is 0 Å². The largest absolute Gasteiger partial charge is 0.493 e. The van der Waals surface area contributed by atoms with Gasteiger partial charge in [0.2, 0.25) is 5.91 Å². The summed E-state index contributed by atoms with van der Waals surface area (Å²) in [5.41, 5.74) is 8.29. The van der Waals surface area contributed by atoms with Crippen LogP contribution in [0.3, 0.4) is 0 Å². The van der Waals surface area contributed by atoms with Crippen molar-refractivity contribution in [1.82, 2.24) is 9.55 Å². The summed E-state index contributed by atoms with van der Waals surface area (Å²) in [7, 11) is 3.20. The molecule has 0 radical (unpaired) electrons. The molecule has 6 nitrogen and oxygen atoms in total. The van der Waals surface area contributed by atoms with E-state index in [4.69, 9.17) is 20.2 Å². The van der Waals surface area contributed by atoms with Gasteiger partial charge in [-0.2, -0.15) is 0 Å². The standard InChI is InChI=1S/C27H29N3O3/c1-4-5-18-27(26(28)31,19-12-7-6-8-13-19)30-22-16-10-9-15-21(22)29-25(30)20-14-11-17-23(32-2)24(20)33-3/h6-17H,4-5,18H2,1-3H3,(H2,28,31). The molecule has 0 fully saturated rings. The highest BCUT2D eigenvalue weighted by atomic mass is 16.5. The van der Waals surface area contributed by atoms with Gasteiger partial charge in [0.15, 0.2) is 11.5 Å². The van der Waals surface area contributed by atoms with E-state index in [0.717, 1.165) is 35.0 Å². The van der Waals surface area contributed by atoms with Crippen molar-refractivity contribution in [2.45, 2.75) is 31.7 Å². The number of para-hydroxylation sites is 3. The van der Waals surface area contributed by atoms with E-state index in [9.17, 15) is 4.79 Å². The van der Waals surface area contributed by atoms with Crippen LogP contribution in [-0.4, -0.2) is 29.7 Å². The maximum atomic E-state index is 13.4. The molecule has 1 amide bonds. The van der Waals surface area contributed by atoms with Crippen molar-refractivity contribution in [3.63, 3.8) is 0 Å². The van der Waals surface area contributed by atoms with Gasteiger partial charge in [-0.15, -0.1) is 0 Å². The Balaban J connectivity index is 2.15. The number of rotatable bonds is 9. The first-order chi connectivity index (χ1) is 16.1. The molecule has 0 saturated heterocycles. The zero-order valence-electron chi connectivity index (χ0n) is 19.2. The van der Waals surface area contributed by atoms with Gasteiger partial charge >= 0.3 is 0 Å². The monoisotopic (exact) mass is 443 g/mol. The minimum absolute atomic E-state index is 0.423. The highest BCUT2D eigenvalue weighted by molar-refractivity contribution is 5.92. The first-order valence-corrected chi connectivity index (χ1v) is 11.1. The number of nitrogens with zero attached hydrogens (tertiary/aromatic N) is 2. The summed E-state index contributed by atoms with van der Waals surface area (Å²) in [5.74, 6) is 1.32. The maximum absolute atomic E-state index is 13.4. The number of fused-ring (bicyclic) bond motifs is 1. The Hall–Kier alpha value is -3.80. The molecule has 4 rings (SSSR count). The number of primary amides is 1. The number of carbonyl (C=O) groups is 1. The van der Waals surface area contributed by atoms with Crippen molar-refractivity contribution in [1.29, 1.82) is 0 Å². The molecule has 2 N–H and O–H groups in total. The van der Waals surface area contributed by atoms with Gasteiger partial charge in [-0.05, 0) is 36.2 Å². The van der Waals surface area contributed by atoms with Gasteiger partial charge in [0, 0.05) is 0 Å². The summed E-state index contributed by atoms with van der Waals surface area (Å²) >= 11 is 0. The van der Waals surface area contributed by atoms with Crippen LogP contribution in [-0.2, 0) is 10.3 Å². The van der Waals surface area contributed by atoms with Crippen LogP contribution < -0.4 is 15.2 Å². The Labute approximate surface area is 194 Å². The van der Waals surface area contributed by atoms with Gasteiger partial charge in [-0.1, -0.05) is 68.3 Å². The van der Waals surface area contributed by atoms with E-state index in [1.54, 1.807) is 14.2 Å². The number of nitrogens with two attached hydrogens (primary N) is 1. The molecule has 0 bridgehead atoms. The molecule has 170 valence electrons. The van der Waals surface area contributed by atoms with Crippen LogP contribution in [0.4, 0.5) is 0 Å². The first-order valence-electron chi connectivity index (χ1n) is 11.1. The van der Waals surface area contributed by atoms with Gasteiger partial charge < -0.3 is 19.8 Å². The normalized spacial score (nSPS) is 12.9. The molecule has 0 saturated carbocycles. The number of hydrogen-bond donors (Lipinski definition) is 1. The second kappa shape index (κ2) is 9.36. The van der Waals surface area contributed by atoms with E-state index in [-0.39, 0.29) is 0 Å². The van der Waals surface area contributed by atoms with Crippen LogP contribution in [0.1, 0.15) is 31.7 Å². The molecular formula is C27H29N3O3. The van der Waals surface area contributed by atoms with Crippen molar-refractivity contribution in [3.05, 3.63) is 78.4 Å². The zero-order valence-corrected chi connectivity index (χ0v) is 19.2. The molecule has 33 heavy (non-hydrogen) atoms. The van der Waals surface area contributed by atoms with Crippen LogP contribution in [0.2, 0.25) is 0 Å². The third-order valence-corrected chi connectivity index (χ3v) is 6.14. The van der Waals surface area contributed by atoms with Crippen LogP contribution in [0.15, 0.2) is 72.8 Å². The number of aromatic nitrogens is 2. The molecule has 4 aromatic rings. The van der Waals surface area contributed by atoms with E-state index in [1.807, 2.05) is 77.4 Å². The first kappa shape index (κ1) is 22.4. The molecule has 0 aliphatic carbocycles. The number of carbonyl (C=O) groups excluding carboxylic acids is 1.